The van der Waals surface area contributed by atoms with Crippen molar-refractivity contribution in [1.29, 1.82) is 0 Å². The summed E-state index contributed by atoms with van der Waals surface area (Å²) in [5.74, 6) is 0. The van der Waals surface area contributed by atoms with Crippen LogP contribution in [-0.4, -0.2) is 39.8 Å². The highest BCUT2D eigenvalue weighted by molar-refractivity contribution is 7.80. The second-order valence-electron chi connectivity index (χ2n) is 7.80. The van der Waals surface area contributed by atoms with Crippen LogP contribution < -0.4 is 5.32 Å². The topological polar surface area (TPSA) is 42.3 Å². The Morgan fingerprint density at radius 1 is 1.18 bits per heavy atom. The van der Waals surface area contributed by atoms with Gasteiger partial charge in [0.1, 0.15) is 0 Å². The van der Waals surface area contributed by atoms with E-state index in [9.17, 15) is 0 Å². The van der Waals surface area contributed by atoms with Crippen LogP contribution in [0, 0.1) is 0 Å². The van der Waals surface area contributed by atoms with E-state index >= 15 is 0 Å². The van der Waals surface area contributed by atoms with E-state index in [1.165, 1.54) is 37.8 Å². The molecule has 2 atom stereocenters. The first-order valence-corrected chi connectivity index (χ1v) is 10.8. The highest BCUT2D eigenvalue weighted by Gasteiger charge is 2.41. The van der Waals surface area contributed by atoms with Gasteiger partial charge in [0.15, 0.2) is 5.11 Å². The monoisotopic (exact) mass is 398 g/mol. The van der Waals surface area contributed by atoms with Gasteiger partial charge in [0, 0.05) is 44.4 Å². The third-order valence-corrected chi connectivity index (χ3v) is 6.38. The van der Waals surface area contributed by atoms with E-state index < -0.39 is 0 Å². The van der Waals surface area contributed by atoms with Crippen LogP contribution in [0.25, 0.3) is 0 Å². The maximum absolute atomic E-state index is 5.75. The normalized spacial score (nSPS) is 23.2. The van der Waals surface area contributed by atoms with Crippen molar-refractivity contribution < 1.29 is 4.74 Å². The summed E-state index contributed by atoms with van der Waals surface area (Å²) in [6.07, 6.45) is 11.6. The number of aromatic nitrogens is 2. The Hall–Kier alpha value is -1.92. The molecule has 1 aliphatic heterocycles. The van der Waals surface area contributed by atoms with E-state index in [0.29, 0.717) is 6.04 Å². The van der Waals surface area contributed by atoms with Crippen molar-refractivity contribution in [3.8, 4) is 0 Å². The third kappa shape index (κ3) is 3.94. The first kappa shape index (κ1) is 19.4. The molecule has 6 heteroatoms. The van der Waals surface area contributed by atoms with Crippen molar-refractivity contribution in [3.05, 3.63) is 54.1 Å². The van der Waals surface area contributed by atoms with Crippen molar-refractivity contribution in [2.75, 3.05) is 20.3 Å². The van der Waals surface area contributed by atoms with E-state index in [1.54, 1.807) is 7.11 Å². The minimum absolute atomic E-state index is 0.0634. The van der Waals surface area contributed by atoms with Crippen LogP contribution >= 0.6 is 12.2 Å². The molecule has 0 aromatic carbocycles. The molecule has 28 heavy (non-hydrogen) atoms. The largest absolute Gasteiger partial charge is 0.385 e. The van der Waals surface area contributed by atoms with Crippen molar-refractivity contribution in [3.63, 3.8) is 0 Å². The molecule has 4 rings (SSSR count). The van der Waals surface area contributed by atoms with Crippen molar-refractivity contribution >= 4 is 17.3 Å². The summed E-state index contributed by atoms with van der Waals surface area (Å²) in [5, 5.41) is 4.37. The Kier molecular flexibility index (Phi) is 6.27. The first-order valence-electron chi connectivity index (χ1n) is 10.4. The van der Waals surface area contributed by atoms with Crippen LogP contribution in [0.15, 0.2) is 42.7 Å². The molecule has 0 spiro atoms. The van der Waals surface area contributed by atoms with Gasteiger partial charge in [0.2, 0.25) is 0 Å². The summed E-state index contributed by atoms with van der Waals surface area (Å²) in [5.41, 5.74) is 2.38. The van der Waals surface area contributed by atoms with Crippen molar-refractivity contribution in [1.82, 2.24) is 19.8 Å². The zero-order chi connectivity index (χ0) is 19.3. The van der Waals surface area contributed by atoms with Crippen LogP contribution in [0.4, 0.5) is 0 Å². The molecular formula is C22H30N4OS. The van der Waals surface area contributed by atoms with Gasteiger partial charge in [-0.3, -0.25) is 4.98 Å². The smallest absolute Gasteiger partial charge is 0.170 e. The SMILES string of the molecule is COCCCN1C(=S)NC(c2ccccn2)C1c1cccn1C1CCCCC1. The molecule has 1 saturated heterocycles. The molecule has 2 aromatic rings. The summed E-state index contributed by atoms with van der Waals surface area (Å²) in [6, 6.07) is 11.4. The number of hydrogen-bond acceptors (Lipinski definition) is 3. The number of thiocarbonyl (C=S) groups is 1. The molecule has 1 N–H and O–H groups in total. The number of rotatable bonds is 7. The Labute approximate surface area is 173 Å². The molecule has 2 aromatic heterocycles. The quantitative estimate of drug-likeness (QED) is 0.553. The van der Waals surface area contributed by atoms with Gasteiger partial charge < -0.3 is 19.5 Å². The van der Waals surface area contributed by atoms with Crippen LogP contribution in [0.5, 0.6) is 0 Å². The fourth-order valence-electron chi connectivity index (χ4n) is 4.70. The first-order chi connectivity index (χ1) is 13.8. The molecule has 2 unspecified atom stereocenters. The van der Waals surface area contributed by atoms with Crippen molar-refractivity contribution in [2.45, 2.75) is 56.7 Å². The summed E-state index contributed by atoms with van der Waals surface area (Å²) in [4.78, 5) is 6.98. The van der Waals surface area contributed by atoms with Crippen LogP contribution in [0.3, 0.4) is 0 Å². The fourth-order valence-corrected chi connectivity index (χ4v) is 5.03. The Morgan fingerprint density at radius 2 is 2.04 bits per heavy atom. The molecule has 3 heterocycles. The predicted octanol–water partition coefficient (Wildman–Crippen LogP) is 4.40. The summed E-state index contributed by atoms with van der Waals surface area (Å²) >= 11 is 5.75. The van der Waals surface area contributed by atoms with Crippen molar-refractivity contribution in [2.24, 2.45) is 0 Å². The van der Waals surface area contributed by atoms with Gasteiger partial charge in [0.05, 0.1) is 17.8 Å². The fraction of sp³-hybridized carbons (Fsp3) is 0.545. The van der Waals surface area contributed by atoms with Gasteiger partial charge in [-0.25, -0.2) is 0 Å². The Morgan fingerprint density at radius 3 is 2.79 bits per heavy atom. The number of hydrogen-bond donors (Lipinski definition) is 1. The van der Waals surface area contributed by atoms with E-state index in [1.807, 2.05) is 12.3 Å². The summed E-state index contributed by atoms with van der Waals surface area (Å²) in [6.45, 7) is 1.62. The van der Waals surface area contributed by atoms with Crippen LogP contribution in [-0.2, 0) is 4.74 Å². The lowest BCUT2D eigenvalue weighted by Crippen LogP contribution is -2.32. The van der Waals surface area contributed by atoms with Gasteiger partial charge in [-0.1, -0.05) is 25.3 Å². The third-order valence-electron chi connectivity index (χ3n) is 6.03. The highest BCUT2D eigenvalue weighted by Crippen LogP contribution is 2.41. The summed E-state index contributed by atoms with van der Waals surface area (Å²) in [7, 11) is 1.75. The second-order valence-corrected chi connectivity index (χ2v) is 8.19. The molecule has 0 radical (unpaired) electrons. The lowest BCUT2D eigenvalue weighted by Gasteiger charge is -2.32. The van der Waals surface area contributed by atoms with Crippen LogP contribution in [0.1, 0.15) is 68.0 Å². The maximum Gasteiger partial charge on any atom is 0.170 e. The molecule has 150 valence electrons. The van der Waals surface area contributed by atoms with Gasteiger partial charge in [-0.15, -0.1) is 0 Å². The van der Waals surface area contributed by atoms with E-state index in [2.05, 4.69) is 50.2 Å². The summed E-state index contributed by atoms with van der Waals surface area (Å²) < 4.78 is 7.80. The minimum atomic E-state index is 0.0634. The number of ether oxygens (including phenoxy) is 1. The number of pyridine rings is 1. The molecule has 1 aliphatic carbocycles. The van der Waals surface area contributed by atoms with E-state index in [4.69, 9.17) is 17.0 Å². The van der Waals surface area contributed by atoms with Crippen LogP contribution in [0.2, 0.25) is 0 Å². The van der Waals surface area contributed by atoms with Gasteiger partial charge >= 0.3 is 0 Å². The van der Waals surface area contributed by atoms with Gasteiger partial charge in [-0.2, -0.15) is 0 Å². The lowest BCUT2D eigenvalue weighted by atomic mass is 9.94. The lowest BCUT2D eigenvalue weighted by molar-refractivity contribution is 0.179. The standard InChI is InChI=1S/C22H30N4OS/c1-27-16-8-15-26-21(20(24-22(26)28)18-11-5-6-13-23-18)19-12-7-14-25(19)17-9-3-2-4-10-17/h5-7,11-14,17,20-21H,2-4,8-10,15-16H2,1H3,(H,24,28). The average Bonchev–Trinajstić information content (AvgIpc) is 3.34. The molecule has 2 aliphatic rings. The average molecular weight is 399 g/mol. The number of nitrogens with one attached hydrogen (secondary N) is 1. The Balaban J connectivity index is 1.68. The molecule has 1 saturated carbocycles. The van der Waals surface area contributed by atoms with E-state index in [0.717, 1.165) is 30.4 Å². The van der Waals surface area contributed by atoms with E-state index in [-0.39, 0.29) is 12.1 Å². The van der Waals surface area contributed by atoms with Gasteiger partial charge in [-0.05, 0) is 55.7 Å². The Bertz CT molecular complexity index is 772. The molecule has 0 bridgehead atoms. The van der Waals surface area contributed by atoms with Gasteiger partial charge in [0.25, 0.3) is 0 Å². The molecule has 5 nitrogen and oxygen atoms in total. The molecule has 0 amide bonds. The minimum Gasteiger partial charge on any atom is -0.385 e. The number of nitrogens with zero attached hydrogens (tertiary/aromatic N) is 3. The zero-order valence-corrected chi connectivity index (χ0v) is 17.4. The zero-order valence-electron chi connectivity index (χ0n) is 16.6. The second kappa shape index (κ2) is 9.05. The predicted molar refractivity (Wildman–Crippen MR) is 115 cm³/mol. The molecular weight excluding hydrogens is 368 g/mol. The molecule has 2 fully saturated rings. The highest BCUT2D eigenvalue weighted by atomic mass is 32.1. The maximum atomic E-state index is 5.75. The number of methoxy groups -OCH3 is 1.